The van der Waals surface area contributed by atoms with Crippen LogP contribution in [0, 0.1) is 0 Å². The van der Waals surface area contributed by atoms with Crippen LogP contribution >= 0.6 is 0 Å². The van der Waals surface area contributed by atoms with E-state index in [0.29, 0.717) is 19.0 Å². The zero-order chi connectivity index (χ0) is 19.4. The molecule has 0 amide bonds. The summed E-state index contributed by atoms with van der Waals surface area (Å²) in [5, 5.41) is 2.18. The zero-order valence-corrected chi connectivity index (χ0v) is 15.3. The van der Waals surface area contributed by atoms with Crippen molar-refractivity contribution in [1.29, 1.82) is 0 Å². The molecule has 2 aromatic carbocycles. The van der Waals surface area contributed by atoms with Crippen molar-refractivity contribution in [3.8, 4) is 17.2 Å². The van der Waals surface area contributed by atoms with Crippen molar-refractivity contribution in [3.63, 3.8) is 0 Å². The highest BCUT2D eigenvalue weighted by molar-refractivity contribution is 5.50. The lowest BCUT2D eigenvalue weighted by Gasteiger charge is -2.26. The van der Waals surface area contributed by atoms with Gasteiger partial charge in [0.15, 0.2) is 11.5 Å². The number of nitrogens with two attached hydrogens (primary N) is 1. The largest absolute Gasteiger partial charge is 0.573 e. The van der Waals surface area contributed by atoms with Crippen LogP contribution in [0.5, 0.6) is 17.2 Å². The molecule has 7 heteroatoms. The fourth-order valence-electron chi connectivity index (χ4n) is 3.39. The van der Waals surface area contributed by atoms with E-state index in [4.69, 9.17) is 9.47 Å². The molecule has 0 radical (unpaired) electrons. The van der Waals surface area contributed by atoms with Gasteiger partial charge in [-0.05, 0) is 55.8 Å². The molecule has 3 rings (SSSR count). The second kappa shape index (κ2) is 8.08. The van der Waals surface area contributed by atoms with Gasteiger partial charge < -0.3 is 19.5 Å². The predicted octanol–water partition coefficient (Wildman–Crippen LogP) is 3.59. The molecular weight excluding hydrogens is 359 g/mol. The van der Waals surface area contributed by atoms with E-state index in [-0.39, 0.29) is 11.8 Å². The van der Waals surface area contributed by atoms with Crippen LogP contribution < -0.4 is 19.5 Å². The first-order chi connectivity index (χ1) is 12.9. The van der Waals surface area contributed by atoms with E-state index in [1.807, 2.05) is 26.0 Å². The van der Waals surface area contributed by atoms with Crippen molar-refractivity contribution in [2.75, 3.05) is 19.8 Å². The minimum absolute atomic E-state index is 0.0106. The number of halogens is 3. The lowest BCUT2D eigenvalue weighted by Crippen LogP contribution is -2.87. The van der Waals surface area contributed by atoms with Crippen molar-refractivity contribution < 1.29 is 32.7 Å². The molecule has 1 heterocycles. The van der Waals surface area contributed by atoms with Crippen molar-refractivity contribution in [2.24, 2.45) is 0 Å². The van der Waals surface area contributed by atoms with E-state index in [9.17, 15) is 13.2 Å². The second-order valence-electron chi connectivity index (χ2n) is 6.23. The van der Waals surface area contributed by atoms with Crippen molar-refractivity contribution in [1.82, 2.24) is 0 Å². The normalized spacial score (nSPS) is 16.6. The third-order valence-electron chi connectivity index (χ3n) is 4.43. The Labute approximate surface area is 156 Å². The van der Waals surface area contributed by atoms with Crippen molar-refractivity contribution >= 4 is 0 Å². The molecule has 1 atom stereocenters. The van der Waals surface area contributed by atoms with E-state index in [2.05, 4.69) is 10.1 Å². The van der Waals surface area contributed by atoms with Gasteiger partial charge in [-0.3, -0.25) is 0 Å². The number of ether oxygens (including phenoxy) is 3. The molecule has 0 aromatic heterocycles. The molecule has 1 aliphatic heterocycles. The molecular formula is C20H23F3NO3+. The Balaban J connectivity index is 1.92. The lowest BCUT2D eigenvalue weighted by atomic mass is 9.89. The van der Waals surface area contributed by atoms with E-state index < -0.39 is 6.36 Å². The molecule has 0 saturated carbocycles. The molecule has 4 nitrogen and oxygen atoms in total. The number of benzene rings is 2. The number of rotatable bonds is 6. The quantitative estimate of drug-likeness (QED) is 0.831. The average molecular weight is 382 g/mol. The van der Waals surface area contributed by atoms with Gasteiger partial charge in [-0.15, -0.1) is 13.2 Å². The summed E-state index contributed by atoms with van der Waals surface area (Å²) in [7, 11) is 0. The van der Waals surface area contributed by atoms with Gasteiger partial charge in [0.2, 0.25) is 0 Å². The SMILES string of the molecule is CCOc1cc2c(cc1OCC)[C@@H](c1ccc(OC(F)(F)F)cc1)[NH2+]CC2. The number of quaternary nitrogens is 1. The third-order valence-corrected chi connectivity index (χ3v) is 4.43. The van der Waals surface area contributed by atoms with Crippen LogP contribution in [0.2, 0.25) is 0 Å². The molecule has 0 spiro atoms. The van der Waals surface area contributed by atoms with Gasteiger partial charge in [0.1, 0.15) is 11.8 Å². The van der Waals surface area contributed by atoms with Crippen LogP contribution in [0.4, 0.5) is 13.2 Å². The van der Waals surface area contributed by atoms with Gasteiger partial charge in [0.05, 0.1) is 19.8 Å². The summed E-state index contributed by atoms with van der Waals surface area (Å²) in [5.74, 6) is 1.20. The topological polar surface area (TPSA) is 44.3 Å². The van der Waals surface area contributed by atoms with Gasteiger partial charge in [0, 0.05) is 17.5 Å². The third kappa shape index (κ3) is 4.66. The predicted molar refractivity (Wildman–Crippen MR) is 94.2 cm³/mol. The minimum atomic E-state index is -4.69. The van der Waals surface area contributed by atoms with Crippen LogP contribution in [-0.4, -0.2) is 26.1 Å². The average Bonchev–Trinajstić information content (AvgIpc) is 2.62. The maximum absolute atomic E-state index is 12.4. The molecule has 27 heavy (non-hydrogen) atoms. The van der Waals surface area contributed by atoms with Crippen LogP contribution in [-0.2, 0) is 6.42 Å². The molecule has 0 bridgehead atoms. The van der Waals surface area contributed by atoms with Crippen molar-refractivity contribution in [3.05, 3.63) is 53.1 Å². The summed E-state index contributed by atoms with van der Waals surface area (Å²) in [6, 6.07) is 10.0. The summed E-state index contributed by atoms with van der Waals surface area (Å²) in [4.78, 5) is 0. The molecule has 0 aliphatic carbocycles. The van der Waals surface area contributed by atoms with Gasteiger partial charge in [-0.2, -0.15) is 0 Å². The first-order valence-electron chi connectivity index (χ1n) is 9.02. The zero-order valence-electron chi connectivity index (χ0n) is 15.3. The van der Waals surface area contributed by atoms with E-state index >= 15 is 0 Å². The molecule has 2 aromatic rings. The van der Waals surface area contributed by atoms with E-state index in [0.717, 1.165) is 29.8 Å². The smallest absolute Gasteiger partial charge is 0.490 e. The molecule has 0 saturated heterocycles. The summed E-state index contributed by atoms with van der Waals surface area (Å²) in [6.45, 7) is 5.80. The van der Waals surface area contributed by atoms with Crippen LogP contribution in [0.3, 0.4) is 0 Å². The maximum atomic E-state index is 12.4. The summed E-state index contributed by atoms with van der Waals surface area (Å²) in [5.41, 5.74) is 3.18. The summed E-state index contributed by atoms with van der Waals surface area (Å²) in [6.07, 6.45) is -3.79. The maximum Gasteiger partial charge on any atom is 0.573 e. The van der Waals surface area contributed by atoms with Gasteiger partial charge in [0.25, 0.3) is 0 Å². The number of hydrogen-bond donors (Lipinski definition) is 1. The van der Waals surface area contributed by atoms with Crippen molar-refractivity contribution in [2.45, 2.75) is 32.7 Å². The van der Waals surface area contributed by atoms with Gasteiger partial charge in [-0.25, -0.2) is 0 Å². The first-order valence-corrected chi connectivity index (χ1v) is 9.02. The van der Waals surface area contributed by atoms with Crippen LogP contribution in [0.25, 0.3) is 0 Å². The molecule has 0 unspecified atom stereocenters. The van der Waals surface area contributed by atoms with E-state index in [1.165, 1.54) is 17.7 Å². The fourth-order valence-corrected chi connectivity index (χ4v) is 3.39. The van der Waals surface area contributed by atoms with Gasteiger partial charge >= 0.3 is 6.36 Å². The molecule has 1 aliphatic rings. The Morgan fingerprint density at radius 3 is 2.22 bits per heavy atom. The highest BCUT2D eigenvalue weighted by Gasteiger charge is 2.32. The molecule has 0 fully saturated rings. The highest BCUT2D eigenvalue weighted by atomic mass is 19.4. The monoisotopic (exact) mass is 382 g/mol. The molecule has 146 valence electrons. The van der Waals surface area contributed by atoms with Gasteiger partial charge in [-0.1, -0.05) is 0 Å². The van der Waals surface area contributed by atoms with E-state index in [1.54, 1.807) is 12.1 Å². The Hall–Kier alpha value is -2.41. The second-order valence-corrected chi connectivity index (χ2v) is 6.23. The fraction of sp³-hybridized carbons (Fsp3) is 0.400. The van der Waals surface area contributed by atoms with Crippen LogP contribution in [0.1, 0.15) is 36.6 Å². The molecule has 2 N–H and O–H groups in total. The van der Waals surface area contributed by atoms with Crippen LogP contribution in [0.15, 0.2) is 36.4 Å². The Bertz CT molecular complexity index is 775. The number of alkyl halides is 3. The number of hydrogen-bond acceptors (Lipinski definition) is 3. The lowest BCUT2D eigenvalue weighted by molar-refractivity contribution is -0.690. The highest BCUT2D eigenvalue weighted by Crippen LogP contribution is 2.36. The Morgan fingerprint density at radius 2 is 1.63 bits per heavy atom. The summed E-state index contributed by atoms with van der Waals surface area (Å²) >= 11 is 0. The summed E-state index contributed by atoms with van der Waals surface area (Å²) < 4.78 is 52.5. The minimum Gasteiger partial charge on any atom is -0.490 e. The standard InChI is InChI=1S/C20H22F3NO3/c1-3-25-17-11-14-9-10-24-19(16(14)12-18(17)26-4-2)13-5-7-15(8-6-13)27-20(21,22)23/h5-8,11-12,19,24H,3-4,9-10H2,1-2H3/p+1/t19-/m1/s1. The Morgan fingerprint density at radius 1 is 1.00 bits per heavy atom. The number of fused-ring (bicyclic) bond motifs is 1. The first kappa shape index (κ1) is 19.4. The Kier molecular flexibility index (Phi) is 5.79.